The summed E-state index contributed by atoms with van der Waals surface area (Å²) in [5.41, 5.74) is 0.744. The molecule has 4 nitrogen and oxygen atoms in total. The third-order valence-electron chi connectivity index (χ3n) is 2.37. The Morgan fingerprint density at radius 1 is 1.50 bits per heavy atom. The number of nitrogens with one attached hydrogen (secondary N) is 2. The molecule has 1 aromatic carbocycles. The Hall–Kier alpha value is -1.75. The second-order valence-corrected chi connectivity index (χ2v) is 4.06. The molecular weight excluding hydrogens is 259 g/mol. The van der Waals surface area contributed by atoms with E-state index in [1.807, 2.05) is 0 Å². The van der Waals surface area contributed by atoms with E-state index in [1.54, 1.807) is 6.07 Å². The zero-order valence-electron chi connectivity index (χ0n) is 10.1. The van der Waals surface area contributed by atoms with Crippen molar-refractivity contribution in [2.45, 2.75) is 13.5 Å². The van der Waals surface area contributed by atoms with Crippen LogP contribution in [0.4, 0.5) is 4.39 Å². The quantitative estimate of drug-likeness (QED) is 0.581. The SMILES string of the molecule is CN/C(O)=C(/C)C(=O)NCc1ccc(Cl)c(F)c1. The number of aliphatic hydroxyl groups excluding tert-OH is 1. The lowest BCUT2D eigenvalue weighted by Crippen LogP contribution is -2.26. The summed E-state index contributed by atoms with van der Waals surface area (Å²) in [5, 5.41) is 14.4. The molecule has 1 rings (SSSR count). The number of hydrogen-bond acceptors (Lipinski definition) is 3. The predicted molar refractivity (Wildman–Crippen MR) is 67.6 cm³/mol. The molecule has 0 unspecified atom stereocenters. The van der Waals surface area contributed by atoms with E-state index in [4.69, 9.17) is 11.6 Å². The molecule has 0 heterocycles. The third kappa shape index (κ3) is 3.63. The number of amides is 1. The van der Waals surface area contributed by atoms with Gasteiger partial charge in [-0.1, -0.05) is 17.7 Å². The minimum atomic E-state index is -0.534. The standard InChI is InChI=1S/C12H14ClFN2O2/c1-7(11(17)15-2)12(18)16-6-8-3-4-9(13)10(14)5-8/h3-5,15,17H,6H2,1-2H3,(H,16,18)/b11-7+. The molecular formula is C12H14ClFN2O2. The number of carbonyl (C=O) groups is 1. The molecule has 0 bridgehead atoms. The first-order valence-electron chi connectivity index (χ1n) is 5.25. The Kier molecular flexibility index (Phi) is 4.97. The van der Waals surface area contributed by atoms with Crippen molar-refractivity contribution >= 4 is 17.5 Å². The van der Waals surface area contributed by atoms with Crippen molar-refractivity contribution in [1.82, 2.24) is 10.6 Å². The van der Waals surface area contributed by atoms with Gasteiger partial charge in [-0.15, -0.1) is 0 Å². The Morgan fingerprint density at radius 3 is 2.72 bits per heavy atom. The van der Waals surface area contributed by atoms with Gasteiger partial charge in [0.1, 0.15) is 5.82 Å². The van der Waals surface area contributed by atoms with Crippen molar-refractivity contribution < 1.29 is 14.3 Å². The average molecular weight is 273 g/mol. The molecule has 18 heavy (non-hydrogen) atoms. The minimum absolute atomic E-state index is 0.0361. The Balaban J connectivity index is 2.66. The van der Waals surface area contributed by atoms with Crippen LogP contribution in [0.15, 0.2) is 29.7 Å². The monoisotopic (exact) mass is 272 g/mol. The van der Waals surface area contributed by atoms with Gasteiger partial charge in [-0.2, -0.15) is 0 Å². The van der Waals surface area contributed by atoms with Crippen LogP contribution >= 0.6 is 11.6 Å². The van der Waals surface area contributed by atoms with Crippen molar-refractivity contribution in [2.75, 3.05) is 7.05 Å². The van der Waals surface area contributed by atoms with E-state index in [1.165, 1.54) is 26.1 Å². The van der Waals surface area contributed by atoms with Crippen molar-refractivity contribution in [1.29, 1.82) is 0 Å². The van der Waals surface area contributed by atoms with Crippen LogP contribution in [0.5, 0.6) is 0 Å². The number of rotatable bonds is 4. The van der Waals surface area contributed by atoms with E-state index in [2.05, 4.69) is 10.6 Å². The second kappa shape index (κ2) is 6.26. The second-order valence-electron chi connectivity index (χ2n) is 3.65. The molecule has 0 atom stereocenters. The van der Waals surface area contributed by atoms with Crippen LogP contribution in [0, 0.1) is 5.82 Å². The van der Waals surface area contributed by atoms with E-state index >= 15 is 0 Å². The molecule has 0 aliphatic rings. The maximum Gasteiger partial charge on any atom is 0.252 e. The van der Waals surface area contributed by atoms with Gasteiger partial charge in [0.25, 0.3) is 5.91 Å². The number of aliphatic hydroxyl groups is 1. The van der Waals surface area contributed by atoms with E-state index in [0.29, 0.717) is 5.56 Å². The number of halogens is 2. The van der Waals surface area contributed by atoms with Crippen LogP contribution in [0.25, 0.3) is 0 Å². The molecule has 0 aromatic heterocycles. The van der Waals surface area contributed by atoms with Gasteiger partial charge in [-0.05, 0) is 24.6 Å². The van der Waals surface area contributed by atoms with Crippen LogP contribution < -0.4 is 10.6 Å². The van der Waals surface area contributed by atoms with Crippen molar-refractivity contribution in [2.24, 2.45) is 0 Å². The Labute approximate surface area is 109 Å². The number of carbonyl (C=O) groups excluding carboxylic acids is 1. The summed E-state index contributed by atoms with van der Waals surface area (Å²) in [4.78, 5) is 11.6. The van der Waals surface area contributed by atoms with Gasteiger partial charge >= 0.3 is 0 Å². The summed E-state index contributed by atoms with van der Waals surface area (Å²) in [7, 11) is 1.50. The molecule has 1 amide bonds. The minimum Gasteiger partial charge on any atom is -0.494 e. The fourth-order valence-corrected chi connectivity index (χ4v) is 1.38. The van der Waals surface area contributed by atoms with Crippen LogP contribution in [-0.4, -0.2) is 18.1 Å². The summed E-state index contributed by atoms with van der Waals surface area (Å²) in [6.45, 7) is 1.63. The Morgan fingerprint density at radius 2 is 2.17 bits per heavy atom. The fourth-order valence-electron chi connectivity index (χ4n) is 1.26. The molecule has 6 heteroatoms. The zero-order chi connectivity index (χ0) is 13.7. The van der Waals surface area contributed by atoms with E-state index in [-0.39, 0.29) is 23.0 Å². The summed E-state index contributed by atoms with van der Waals surface area (Å²) in [5.74, 6) is -1.17. The molecule has 0 fully saturated rings. The highest BCUT2D eigenvalue weighted by Gasteiger charge is 2.09. The first-order valence-corrected chi connectivity index (χ1v) is 5.63. The molecule has 0 radical (unpaired) electrons. The smallest absolute Gasteiger partial charge is 0.252 e. The first kappa shape index (κ1) is 14.3. The lowest BCUT2D eigenvalue weighted by molar-refractivity contribution is -0.117. The summed E-state index contributed by atoms with van der Waals surface area (Å²) >= 11 is 5.54. The highest BCUT2D eigenvalue weighted by molar-refractivity contribution is 6.30. The van der Waals surface area contributed by atoms with Gasteiger partial charge in [0, 0.05) is 13.6 Å². The zero-order valence-corrected chi connectivity index (χ0v) is 10.8. The molecule has 0 saturated heterocycles. The van der Waals surface area contributed by atoms with Crippen LogP contribution in [0.2, 0.25) is 5.02 Å². The largest absolute Gasteiger partial charge is 0.494 e. The van der Waals surface area contributed by atoms with Crippen molar-refractivity contribution in [3.05, 3.63) is 46.1 Å². The fraction of sp³-hybridized carbons (Fsp3) is 0.250. The molecule has 1 aromatic rings. The van der Waals surface area contributed by atoms with Gasteiger partial charge < -0.3 is 15.7 Å². The van der Waals surface area contributed by atoms with Gasteiger partial charge in [-0.25, -0.2) is 4.39 Å². The van der Waals surface area contributed by atoms with Crippen LogP contribution in [0.1, 0.15) is 12.5 Å². The molecule has 98 valence electrons. The maximum absolute atomic E-state index is 13.1. The van der Waals surface area contributed by atoms with E-state index < -0.39 is 11.7 Å². The molecule has 3 N–H and O–H groups in total. The van der Waals surface area contributed by atoms with Crippen LogP contribution in [0.3, 0.4) is 0 Å². The number of hydrogen-bond donors (Lipinski definition) is 3. The lowest BCUT2D eigenvalue weighted by atomic mass is 10.2. The predicted octanol–water partition coefficient (Wildman–Crippen LogP) is 2.10. The van der Waals surface area contributed by atoms with E-state index in [0.717, 1.165) is 0 Å². The average Bonchev–Trinajstić information content (AvgIpc) is 2.37. The van der Waals surface area contributed by atoms with Crippen molar-refractivity contribution in [3.8, 4) is 0 Å². The van der Waals surface area contributed by atoms with Gasteiger partial charge in [0.15, 0.2) is 5.88 Å². The van der Waals surface area contributed by atoms with Gasteiger partial charge in [-0.3, -0.25) is 4.79 Å². The highest BCUT2D eigenvalue weighted by Crippen LogP contribution is 2.15. The Bertz CT molecular complexity index is 489. The summed E-state index contributed by atoms with van der Waals surface area (Å²) < 4.78 is 13.1. The number of benzene rings is 1. The highest BCUT2D eigenvalue weighted by atomic mass is 35.5. The molecule has 0 aliphatic heterocycles. The molecule has 0 aliphatic carbocycles. The third-order valence-corrected chi connectivity index (χ3v) is 2.68. The van der Waals surface area contributed by atoms with Crippen molar-refractivity contribution in [3.63, 3.8) is 0 Å². The topological polar surface area (TPSA) is 61.4 Å². The molecule has 0 saturated carbocycles. The normalized spacial score (nSPS) is 11.8. The van der Waals surface area contributed by atoms with Gasteiger partial charge in [0.05, 0.1) is 10.6 Å². The summed E-state index contributed by atoms with van der Waals surface area (Å²) in [6.07, 6.45) is 0. The maximum atomic E-state index is 13.1. The lowest BCUT2D eigenvalue weighted by Gasteiger charge is -2.08. The van der Waals surface area contributed by atoms with Gasteiger partial charge in [0.2, 0.25) is 0 Å². The first-order chi connectivity index (χ1) is 8.45. The van der Waals surface area contributed by atoms with Crippen LogP contribution in [-0.2, 0) is 11.3 Å². The summed E-state index contributed by atoms with van der Waals surface area (Å²) in [6, 6.07) is 4.29. The van der Waals surface area contributed by atoms with E-state index in [9.17, 15) is 14.3 Å². The molecule has 0 spiro atoms.